The van der Waals surface area contributed by atoms with Gasteiger partial charge in [0.15, 0.2) is 5.75 Å². The Morgan fingerprint density at radius 3 is 2.96 bits per heavy atom. The number of H-pyrrole nitrogens is 1. The largest absolute Gasteiger partial charge is 0.404 e. The van der Waals surface area contributed by atoms with Crippen LogP contribution in [0.3, 0.4) is 0 Å². The van der Waals surface area contributed by atoms with Crippen molar-refractivity contribution in [2.45, 2.75) is 49.5 Å². The van der Waals surface area contributed by atoms with Crippen LogP contribution in [-0.4, -0.2) is 73.9 Å². The minimum atomic E-state index is -4.75. The predicted octanol–water partition coefficient (Wildman–Crippen LogP) is 1.97. The Labute approximate surface area is 161 Å². The van der Waals surface area contributed by atoms with E-state index in [2.05, 4.69) is 24.6 Å². The Morgan fingerprint density at radius 1 is 1.36 bits per heavy atom. The highest BCUT2D eigenvalue weighted by Gasteiger charge is 2.41. The summed E-state index contributed by atoms with van der Waals surface area (Å²) in [6.07, 6.45) is 2.73. The van der Waals surface area contributed by atoms with Crippen molar-refractivity contribution in [2.24, 2.45) is 9.98 Å². The average Bonchev–Trinajstić information content (AvgIpc) is 3.07. The van der Waals surface area contributed by atoms with Crippen LogP contribution < -0.4 is 4.72 Å². The van der Waals surface area contributed by atoms with Crippen molar-refractivity contribution in [1.29, 1.82) is 0 Å². The third kappa shape index (κ3) is 4.15. The summed E-state index contributed by atoms with van der Waals surface area (Å²) >= 11 is 0. The normalized spacial score (nSPS) is 30.8. The van der Waals surface area contributed by atoms with Crippen LogP contribution in [0.15, 0.2) is 22.2 Å². The smallest absolute Gasteiger partial charge is 0.346 e. The van der Waals surface area contributed by atoms with Gasteiger partial charge in [0, 0.05) is 48.7 Å². The molecule has 0 aliphatic carbocycles. The first-order valence-corrected chi connectivity index (χ1v) is 10.9. The van der Waals surface area contributed by atoms with Crippen LogP contribution in [0.1, 0.15) is 30.7 Å². The number of sulfonamides is 1. The fourth-order valence-corrected chi connectivity index (χ4v) is 5.69. The first-order valence-electron chi connectivity index (χ1n) is 9.26. The number of likely N-dealkylation sites (tertiary alicyclic amines) is 1. The molecule has 0 amide bonds. The molecule has 1 aromatic rings. The summed E-state index contributed by atoms with van der Waals surface area (Å²) in [5.41, 5.74) is 1.08. The lowest BCUT2D eigenvalue weighted by molar-refractivity contribution is -0.106. The zero-order valence-electron chi connectivity index (χ0n) is 15.1. The van der Waals surface area contributed by atoms with Gasteiger partial charge in [0.25, 0.3) is 0 Å². The van der Waals surface area contributed by atoms with E-state index in [0.29, 0.717) is 19.4 Å². The van der Waals surface area contributed by atoms with Crippen molar-refractivity contribution in [3.8, 4) is 0 Å². The Kier molecular flexibility index (Phi) is 5.09. The van der Waals surface area contributed by atoms with E-state index in [0.717, 1.165) is 24.3 Å². The lowest BCUT2D eigenvalue weighted by atomic mass is 9.80. The first kappa shape index (κ1) is 19.6. The molecule has 0 bridgehead atoms. The Bertz CT molecular complexity index is 880. The molecular weight excluding hydrogens is 395 g/mol. The summed E-state index contributed by atoms with van der Waals surface area (Å²) in [7, 11) is -4.41. The molecular formula is C17H22F3N5O2S. The van der Waals surface area contributed by atoms with E-state index in [4.69, 9.17) is 0 Å². The number of hydrogen-bond acceptors (Lipinski definition) is 5. The molecule has 4 atom stereocenters. The van der Waals surface area contributed by atoms with Gasteiger partial charge in [0.2, 0.25) is 10.0 Å². The monoisotopic (exact) mass is 417 g/mol. The summed E-state index contributed by atoms with van der Waals surface area (Å²) in [4.78, 5) is 14.2. The second-order valence-electron chi connectivity index (χ2n) is 7.54. The summed E-state index contributed by atoms with van der Waals surface area (Å²) in [5.74, 6) is -0.947. The van der Waals surface area contributed by atoms with Gasteiger partial charge in [-0.1, -0.05) is 0 Å². The van der Waals surface area contributed by atoms with Gasteiger partial charge in [0.1, 0.15) is 5.82 Å². The van der Waals surface area contributed by atoms with E-state index in [1.807, 2.05) is 24.7 Å². The molecule has 11 heteroatoms. The molecule has 1 aromatic heterocycles. The van der Waals surface area contributed by atoms with Crippen molar-refractivity contribution in [2.75, 3.05) is 18.8 Å². The topological polar surface area (TPSA) is 89.9 Å². The van der Waals surface area contributed by atoms with E-state index < -0.39 is 28.0 Å². The third-order valence-corrected chi connectivity index (χ3v) is 6.90. The molecule has 1 saturated heterocycles. The van der Waals surface area contributed by atoms with Gasteiger partial charge in [-0.3, -0.25) is 9.89 Å². The van der Waals surface area contributed by atoms with Crippen LogP contribution in [0.4, 0.5) is 19.0 Å². The number of alkyl halides is 3. The number of halogens is 3. The maximum absolute atomic E-state index is 12.5. The summed E-state index contributed by atoms with van der Waals surface area (Å²) in [5, 5.41) is 0. The fourth-order valence-electron chi connectivity index (χ4n) is 4.48. The van der Waals surface area contributed by atoms with Gasteiger partial charge < -0.3 is 4.98 Å². The third-order valence-electron chi connectivity index (χ3n) is 5.50. The molecule has 4 heterocycles. The number of piperidine rings is 1. The number of fused-ring (bicyclic) bond motifs is 3. The van der Waals surface area contributed by atoms with Crippen molar-refractivity contribution >= 4 is 28.3 Å². The number of aliphatic imine (C=N–C) groups is 2. The van der Waals surface area contributed by atoms with Gasteiger partial charge in [-0.25, -0.2) is 18.1 Å². The molecule has 0 radical (unpaired) electrons. The molecule has 3 aliphatic heterocycles. The maximum Gasteiger partial charge on any atom is 0.404 e. The highest BCUT2D eigenvalue weighted by molar-refractivity contribution is 7.89. The predicted molar refractivity (Wildman–Crippen MR) is 99.9 cm³/mol. The molecule has 3 aliphatic rings. The van der Waals surface area contributed by atoms with E-state index in [9.17, 15) is 21.6 Å². The van der Waals surface area contributed by atoms with E-state index in [1.54, 1.807) is 0 Å². The zero-order chi connectivity index (χ0) is 19.9. The SMILES string of the molecule is O=S(=O)(CC(F)(F)F)NC1CCCN([C@@H]2CC=N[C@@H]3C=Nc4[nH]ccc4C23)C1. The highest BCUT2D eigenvalue weighted by atomic mass is 32.2. The van der Waals surface area contributed by atoms with Gasteiger partial charge in [0.05, 0.1) is 6.04 Å². The number of rotatable bonds is 4. The quantitative estimate of drug-likeness (QED) is 0.785. The van der Waals surface area contributed by atoms with E-state index in [-0.39, 0.29) is 18.0 Å². The average molecular weight is 417 g/mol. The van der Waals surface area contributed by atoms with Gasteiger partial charge in [-0.15, -0.1) is 0 Å². The Balaban J connectivity index is 1.49. The zero-order valence-corrected chi connectivity index (χ0v) is 15.9. The molecule has 4 rings (SSSR count). The molecule has 154 valence electrons. The number of aromatic amines is 1. The summed E-state index contributed by atoms with van der Waals surface area (Å²) < 4.78 is 63.5. The molecule has 2 unspecified atom stereocenters. The maximum atomic E-state index is 12.5. The number of aromatic nitrogens is 1. The molecule has 7 nitrogen and oxygen atoms in total. The van der Waals surface area contributed by atoms with Gasteiger partial charge in [-0.05, 0) is 31.9 Å². The molecule has 0 spiro atoms. The minimum absolute atomic E-state index is 0.0793. The molecule has 0 saturated carbocycles. The van der Waals surface area contributed by atoms with Gasteiger partial charge >= 0.3 is 6.18 Å². The van der Waals surface area contributed by atoms with Crippen LogP contribution in [0, 0.1) is 0 Å². The van der Waals surface area contributed by atoms with Crippen LogP contribution in [0.2, 0.25) is 0 Å². The summed E-state index contributed by atoms with van der Waals surface area (Å²) in [6, 6.07) is 1.48. The van der Waals surface area contributed by atoms with Crippen molar-refractivity contribution in [1.82, 2.24) is 14.6 Å². The van der Waals surface area contributed by atoms with Crippen LogP contribution in [0.5, 0.6) is 0 Å². The van der Waals surface area contributed by atoms with Crippen LogP contribution >= 0.6 is 0 Å². The van der Waals surface area contributed by atoms with Crippen molar-refractivity contribution in [3.05, 3.63) is 17.8 Å². The van der Waals surface area contributed by atoms with Crippen molar-refractivity contribution < 1.29 is 21.6 Å². The van der Waals surface area contributed by atoms with E-state index >= 15 is 0 Å². The Morgan fingerprint density at radius 2 is 2.18 bits per heavy atom. The molecule has 28 heavy (non-hydrogen) atoms. The summed E-state index contributed by atoms with van der Waals surface area (Å²) in [6.45, 7) is 1.16. The second kappa shape index (κ2) is 7.27. The Hall–Kier alpha value is -1.72. The number of hydrogen-bond donors (Lipinski definition) is 2. The standard InChI is InChI=1S/C17H22F3N5O2S/c18-17(19,20)10-28(26,27)24-11-2-1-7-25(9-11)14-4-6-21-13-8-23-16-12(15(13)14)3-5-22-16/h3,5-6,8,11,13-15,22,24H,1-2,4,7,9-10H2/t11?,13-,14-,15?/m1/s1. The van der Waals surface area contributed by atoms with E-state index in [1.165, 1.54) is 0 Å². The number of nitrogens with zero attached hydrogens (tertiary/aromatic N) is 3. The van der Waals surface area contributed by atoms with Crippen LogP contribution in [-0.2, 0) is 10.0 Å². The lowest BCUT2D eigenvalue weighted by Crippen LogP contribution is -2.55. The number of nitrogens with one attached hydrogen (secondary N) is 2. The highest BCUT2D eigenvalue weighted by Crippen LogP contribution is 2.40. The molecule has 1 fully saturated rings. The molecule has 2 N–H and O–H groups in total. The first-order chi connectivity index (χ1) is 13.2. The van der Waals surface area contributed by atoms with Crippen LogP contribution in [0.25, 0.3) is 0 Å². The van der Waals surface area contributed by atoms with Crippen molar-refractivity contribution in [3.63, 3.8) is 0 Å². The second-order valence-corrected chi connectivity index (χ2v) is 9.29. The van der Waals surface area contributed by atoms with Gasteiger partial charge in [-0.2, -0.15) is 13.2 Å². The fraction of sp³-hybridized carbons (Fsp3) is 0.647. The minimum Gasteiger partial charge on any atom is -0.346 e. The molecule has 0 aromatic carbocycles. The lowest BCUT2D eigenvalue weighted by Gasteiger charge is -2.44.